The number of aryl methyl sites for hydroxylation is 1. The van der Waals surface area contributed by atoms with Crippen molar-refractivity contribution in [2.24, 2.45) is 0 Å². The fourth-order valence-corrected chi connectivity index (χ4v) is 3.08. The first kappa shape index (κ1) is 10.9. The van der Waals surface area contributed by atoms with Crippen molar-refractivity contribution in [3.63, 3.8) is 0 Å². The molecule has 0 amide bonds. The monoisotopic (exact) mass is 244 g/mol. The molecule has 1 aromatic heterocycles. The lowest BCUT2D eigenvalue weighted by atomic mass is 9.88. The summed E-state index contributed by atoms with van der Waals surface area (Å²) in [5.41, 5.74) is 2.99. The van der Waals surface area contributed by atoms with E-state index in [2.05, 4.69) is 34.6 Å². The van der Waals surface area contributed by atoms with Crippen LogP contribution in [0.2, 0.25) is 0 Å². The topological polar surface area (TPSA) is 24.9 Å². The SMILES string of the molecule is c1ccc2c(c1)CCCC2NCc1nccs1. The lowest BCUT2D eigenvalue weighted by Gasteiger charge is -2.26. The van der Waals surface area contributed by atoms with Crippen molar-refractivity contribution in [3.8, 4) is 0 Å². The third kappa shape index (κ3) is 2.40. The van der Waals surface area contributed by atoms with Gasteiger partial charge in [-0.25, -0.2) is 4.98 Å². The molecule has 0 saturated carbocycles. The second-order valence-electron chi connectivity index (χ2n) is 4.45. The molecule has 0 saturated heterocycles. The highest BCUT2D eigenvalue weighted by molar-refractivity contribution is 7.09. The van der Waals surface area contributed by atoms with Crippen LogP contribution in [0.5, 0.6) is 0 Å². The number of hydrogen-bond acceptors (Lipinski definition) is 3. The first-order chi connectivity index (χ1) is 8.43. The molecule has 0 bridgehead atoms. The molecule has 1 N–H and O–H groups in total. The zero-order valence-corrected chi connectivity index (χ0v) is 10.5. The average molecular weight is 244 g/mol. The second-order valence-corrected chi connectivity index (χ2v) is 5.43. The standard InChI is InChI=1S/C14H16N2S/c1-2-6-12-11(4-1)5-3-7-13(12)16-10-14-15-8-9-17-14/h1-2,4,6,8-9,13,16H,3,5,7,10H2. The van der Waals surface area contributed by atoms with Crippen LogP contribution in [0, 0.1) is 0 Å². The van der Waals surface area contributed by atoms with Gasteiger partial charge in [0.25, 0.3) is 0 Å². The lowest BCUT2D eigenvalue weighted by Crippen LogP contribution is -2.24. The third-order valence-electron chi connectivity index (χ3n) is 3.35. The molecule has 3 rings (SSSR count). The molecule has 2 nitrogen and oxygen atoms in total. The molecular formula is C14H16N2S. The van der Waals surface area contributed by atoms with Gasteiger partial charge in [0.15, 0.2) is 0 Å². The van der Waals surface area contributed by atoms with E-state index < -0.39 is 0 Å². The Morgan fingerprint density at radius 2 is 2.29 bits per heavy atom. The van der Waals surface area contributed by atoms with Gasteiger partial charge in [-0.05, 0) is 30.4 Å². The van der Waals surface area contributed by atoms with Gasteiger partial charge in [-0.1, -0.05) is 24.3 Å². The molecule has 0 aliphatic heterocycles. The van der Waals surface area contributed by atoms with Crippen LogP contribution in [0.4, 0.5) is 0 Å². The van der Waals surface area contributed by atoms with Crippen molar-refractivity contribution < 1.29 is 0 Å². The largest absolute Gasteiger partial charge is 0.304 e. The number of hydrogen-bond donors (Lipinski definition) is 1. The minimum Gasteiger partial charge on any atom is -0.304 e. The molecule has 1 aliphatic rings. The van der Waals surface area contributed by atoms with E-state index in [1.165, 1.54) is 35.4 Å². The van der Waals surface area contributed by atoms with Crippen molar-refractivity contribution in [1.82, 2.24) is 10.3 Å². The number of fused-ring (bicyclic) bond motifs is 1. The first-order valence-electron chi connectivity index (χ1n) is 6.13. The number of nitrogens with zero attached hydrogens (tertiary/aromatic N) is 1. The molecule has 3 heteroatoms. The van der Waals surface area contributed by atoms with Gasteiger partial charge in [-0.3, -0.25) is 0 Å². The van der Waals surface area contributed by atoms with E-state index in [0.717, 1.165) is 6.54 Å². The molecule has 17 heavy (non-hydrogen) atoms. The molecule has 0 fully saturated rings. The van der Waals surface area contributed by atoms with E-state index in [1.807, 2.05) is 11.6 Å². The summed E-state index contributed by atoms with van der Waals surface area (Å²) in [5.74, 6) is 0. The Kier molecular flexibility index (Phi) is 3.20. The summed E-state index contributed by atoms with van der Waals surface area (Å²) in [5, 5.41) is 6.84. The maximum Gasteiger partial charge on any atom is 0.106 e. The predicted octanol–water partition coefficient (Wildman–Crippen LogP) is 3.31. The molecule has 1 unspecified atom stereocenters. The first-order valence-corrected chi connectivity index (χ1v) is 7.01. The van der Waals surface area contributed by atoms with E-state index in [0.29, 0.717) is 6.04 Å². The third-order valence-corrected chi connectivity index (χ3v) is 4.13. The molecule has 2 aromatic rings. The minimum absolute atomic E-state index is 0.504. The van der Waals surface area contributed by atoms with Crippen LogP contribution in [0.1, 0.15) is 35.0 Å². The number of rotatable bonds is 3. The fraction of sp³-hybridized carbons (Fsp3) is 0.357. The van der Waals surface area contributed by atoms with Gasteiger partial charge in [0, 0.05) is 24.2 Å². The molecule has 0 spiro atoms. The van der Waals surface area contributed by atoms with Crippen LogP contribution in [-0.4, -0.2) is 4.98 Å². The Morgan fingerprint density at radius 1 is 1.35 bits per heavy atom. The Morgan fingerprint density at radius 3 is 3.18 bits per heavy atom. The van der Waals surface area contributed by atoms with Crippen LogP contribution < -0.4 is 5.32 Å². The highest BCUT2D eigenvalue weighted by Crippen LogP contribution is 2.29. The zero-order valence-electron chi connectivity index (χ0n) is 9.73. The number of aromatic nitrogens is 1. The summed E-state index contributed by atoms with van der Waals surface area (Å²) in [6.45, 7) is 0.886. The molecule has 1 aliphatic carbocycles. The van der Waals surface area contributed by atoms with E-state index in [9.17, 15) is 0 Å². The van der Waals surface area contributed by atoms with E-state index in [1.54, 1.807) is 11.3 Å². The van der Waals surface area contributed by atoms with E-state index >= 15 is 0 Å². The van der Waals surface area contributed by atoms with Gasteiger partial charge in [-0.2, -0.15) is 0 Å². The van der Waals surface area contributed by atoms with Crippen LogP contribution in [-0.2, 0) is 13.0 Å². The molecule has 1 heterocycles. The van der Waals surface area contributed by atoms with Crippen LogP contribution in [0.3, 0.4) is 0 Å². The lowest BCUT2D eigenvalue weighted by molar-refractivity contribution is 0.458. The Hall–Kier alpha value is -1.19. The molecule has 1 aromatic carbocycles. The van der Waals surface area contributed by atoms with Gasteiger partial charge in [0.2, 0.25) is 0 Å². The maximum atomic E-state index is 4.31. The van der Waals surface area contributed by atoms with Crippen LogP contribution in [0.25, 0.3) is 0 Å². The maximum absolute atomic E-state index is 4.31. The number of benzene rings is 1. The zero-order chi connectivity index (χ0) is 11.5. The summed E-state index contributed by atoms with van der Waals surface area (Å²) >= 11 is 1.72. The van der Waals surface area contributed by atoms with Crippen molar-refractivity contribution in [3.05, 3.63) is 52.0 Å². The van der Waals surface area contributed by atoms with Crippen LogP contribution >= 0.6 is 11.3 Å². The van der Waals surface area contributed by atoms with Crippen molar-refractivity contribution in [1.29, 1.82) is 0 Å². The Labute approximate surface area is 106 Å². The Bertz CT molecular complexity index is 479. The van der Waals surface area contributed by atoms with Crippen molar-refractivity contribution in [2.45, 2.75) is 31.8 Å². The summed E-state index contributed by atoms with van der Waals surface area (Å²) in [7, 11) is 0. The highest BCUT2D eigenvalue weighted by atomic mass is 32.1. The van der Waals surface area contributed by atoms with Gasteiger partial charge < -0.3 is 5.32 Å². The minimum atomic E-state index is 0.504. The normalized spacial score (nSPS) is 18.9. The Balaban J connectivity index is 1.72. The summed E-state index contributed by atoms with van der Waals surface area (Å²) in [6, 6.07) is 9.30. The molecular weight excluding hydrogens is 228 g/mol. The van der Waals surface area contributed by atoms with E-state index in [-0.39, 0.29) is 0 Å². The predicted molar refractivity (Wildman–Crippen MR) is 71.1 cm³/mol. The summed E-state index contributed by atoms with van der Waals surface area (Å²) < 4.78 is 0. The number of thiazole rings is 1. The smallest absolute Gasteiger partial charge is 0.106 e. The quantitative estimate of drug-likeness (QED) is 0.896. The van der Waals surface area contributed by atoms with Gasteiger partial charge >= 0.3 is 0 Å². The summed E-state index contributed by atoms with van der Waals surface area (Å²) in [6.07, 6.45) is 5.62. The number of nitrogens with one attached hydrogen (secondary N) is 1. The van der Waals surface area contributed by atoms with Gasteiger partial charge in [0.05, 0.1) is 0 Å². The average Bonchev–Trinajstić information content (AvgIpc) is 2.89. The van der Waals surface area contributed by atoms with E-state index in [4.69, 9.17) is 0 Å². The van der Waals surface area contributed by atoms with Gasteiger partial charge in [0.1, 0.15) is 5.01 Å². The fourth-order valence-electron chi connectivity index (χ4n) is 2.52. The van der Waals surface area contributed by atoms with Gasteiger partial charge in [-0.15, -0.1) is 11.3 Å². The molecule has 1 atom stereocenters. The van der Waals surface area contributed by atoms with Crippen LogP contribution in [0.15, 0.2) is 35.8 Å². The van der Waals surface area contributed by atoms with Crippen molar-refractivity contribution in [2.75, 3.05) is 0 Å². The summed E-state index contributed by atoms with van der Waals surface area (Å²) in [4.78, 5) is 4.31. The second kappa shape index (κ2) is 4.98. The van der Waals surface area contributed by atoms with Crippen molar-refractivity contribution >= 4 is 11.3 Å². The molecule has 0 radical (unpaired) electrons. The highest BCUT2D eigenvalue weighted by Gasteiger charge is 2.18. The molecule has 88 valence electrons.